The smallest absolute Gasteiger partial charge is 0.340 e. The monoisotopic (exact) mass is 290 g/mol. The van der Waals surface area contributed by atoms with Crippen LogP contribution in [0.2, 0.25) is 0 Å². The first kappa shape index (κ1) is 15.7. The molecule has 0 aromatic heterocycles. The number of rotatable bonds is 5. The van der Waals surface area contributed by atoms with Gasteiger partial charge in [0, 0.05) is 17.4 Å². The van der Waals surface area contributed by atoms with Crippen LogP contribution in [0.4, 0.5) is 11.4 Å². The third kappa shape index (κ3) is 4.13. The number of hydrogen-bond acceptors (Lipinski definition) is 4. The van der Waals surface area contributed by atoms with E-state index in [1.807, 2.05) is 12.1 Å². The Morgan fingerprint density at radius 1 is 1.38 bits per heavy atom. The van der Waals surface area contributed by atoms with E-state index in [0.717, 1.165) is 11.6 Å². The molecule has 1 fully saturated rings. The van der Waals surface area contributed by atoms with Gasteiger partial charge in [-0.05, 0) is 43.9 Å². The molecule has 1 saturated carbocycles. The van der Waals surface area contributed by atoms with Crippen LogP contribution in [-0.4, -0.2) is 18.6 Å². The minimum atomic E-state index is -0.353. The van der Waals surface area contributed by atoms with E-state index in [9.17, 15) is 4.79 Å². The van der Waals surface area contributed by atoms with Gasteiger partial charge in [-0.3, -0.25) is 0 Å². The van der Waals surface area contributed by atoms with E-state index in [1.54, 1.807) is 13.0 Å². The minimum absolute atomic E-state index is 0.353. The highest BCUT2D eigenvalue weighted by molar-refractivity contribution is 5.96. The van der Waals surface area contributed by atoms with E-state index >= 15 is 0 Å². The summed E-state index contributed by atoms with van der Waals surface area (Å²) in [6.07, 6.45) is 6.25. The molecule has 1 aromatic rings. The Hall–Kier alpha value is -1.71. The maximum absolute atomic E-state index is 11.9. The molecule has 2 unspecified atom stereocenters. The highest BCUT2D eigenvalue weighted by atomic mass is 16.5. The Morgan fingerprint density at radius 3 is 2.90 bits per heavy atom. The molecule has 116 valence electrons. The maximum atomic E-state index is 11.9. The lowest BCUT2D eigenvalue weighted by atomic mass is 9.84. The summed E-state index contributed by atoms with van der Waals surface area (Å²) in [5.41, 5.74) is 7.74. The number of benzene rings is 1. The molecule has 0 amide bonds. The van der Waals surface area contributed by atoms with Crippen LogP contribution < -0.4 is 11.1 Å². The van der Waals surface area contributed by atoms with Crippen molar-refractivity contribution in [2.24, 2.45) is 5.92 Å². The molecule has 4 nitrogen and oxygen atoms in total. The number of nitrogens with one attached hydrogen (secondary N) is 1. The average Bonchev–Trinajstić information content (AvgIpc) is 2.49. The van der Waals surface area contributed by atoms with E-state index in [-0.39, 0.29) is 5.97 Å². The van der Waals surface area contributed by atoms with E-state index < -0.39 is 0 Å². The maximum Gasteiger partial charge on any atom is 0.340 e. The quantitative estimate of drug-likeness (QED) is 0.639. The van der Waals surface area contributed by atoms with Crippen LogP contribution in [0.25, 0.3) is 0 Å². The molecule has 0 saturated heterocycles. The molecule has 0 radical (unpaired) electrons. The van der Waals surface area contributed by atoms with Gasteiger partial charge in [0.25, 0.3) is 0 Å². The summed E-state index contributed by atoms with van der Waals surface area (Å²) in [7, 11) is 0. The fourth-order valence-electron chi connectivity index (χ4n) is 3.06. The second-order valence-electron chi connectivity index (χ2n) is 5.80. The summed E-state index contributed by atoms with van der Waals surface area (Å²) in [4.78, 5) is 11.9. The van der Waals surface area contributed by atoms with Gasteiger partial charge in [0.15, 0.2) is 0 Å². The molecule has 1 aliphatic carbocycles. The fourth-order valence-corrected chi connectivity index (χ4v) is 3.06. The number of nitrogens with two attached hydrogens (primary N) is 1. The predicted molar refractivity (Wildman–Crippen MR) is 86.5 cm³/mol. The van der Waals surface area contributed by atoms with Crippen molar-refractivity contribution in [2.45, 2.75) is 52.0 Å². The van der Waals surface area contributed by atoms with E-state index in [2.05, 4.69) is 12.2 Å². The largest absolute Gasteiger partial charge is 0.462 e. The van der Waals surface area contributed by atoms with Gasteiger partial charge in [-0.1, -0.05) is 26.2 Å². The van der Waals surface area contributed by atoms with Gasteiger partial charge < -0.3 is 15.8 Å². The Kier molecular flexibility index (Phi) is 5.48. The van der Waals surface area contributed by atoms with Crippen LogP contribution in [0.1, 0.15) is 56.3 Å². The molecule has 0 bridgehead atoms. The zero-order valence-corrected chi connectivity index (χ0v) is 13.0. The number of nitrogen functional groups attached to an aromatic ring is 1. The molecule has 0 heterocycles. The summed E-state index contributed by atoms with van der Waals surface area (Å²) < 4.78 is 5.04. The summed E-state index contributed by atoms with van der Waals surface area (Å²) in [5, 5.41) is 3.55. The number of carbonyl (C=O) groups excluding carboxylic acids is 1. The lowest BCUT2D eigenvalue weighted by molar-refractivity contribution is 0.0527. The van der Waals surface area contributed by atoms with Crippen molar-refractivity contribution in [3.8, 4) is 0 Å². The van der Waals surface area contributed by atoms with E-state index in [4.69, 9.17) is 10.5 Å². The van der Waals surface area contributed by atoms with E-state index in [0.29, 0.717) is 23.9 Å². The second-order valence-corrected chi connectivity index (χ2v) is 5.80. The summed E-state index contributed by atoms with van der Waals surface area (Å²) in [6.45, 7) is 4.41. The Morgan fingerprint density at radius 2 is 2.19 bits per heavy atom. The molecule has 0 aliphatic heterocycles. The summed E-state index contributed by atoms with van der Waals surface area (Å²) in [6, 6.07) is 6.01. The Bertz CT molecular complexity index is 488. The first-order valence-corrected chi connectivity index (χ1v) is 7.97. The number of anilines is 2. The molecule has 2 rings (SSSR count). The molecule has 4 heteroatoms. The second kappa shape index (κ2) is 7.34. The lowest BCUT2D eigenvalue weighted by Gasteiger charge is -2.30. The topological polar surface area (TPSA) is 64.3 Å². The van der Waals surface area contributed by atoms with Gasteiger partial charge in [0.1, 0.15) is 0 Å². The van der Waals surface area contributed by atoms with Crippen LogP contribution in [0.3, 0.4) is 0 Å². The van der Waals surface area contributed by atoms with Gasteiger partial charge in [0.05, 0.1) is 12.2 Å². The molecule has 21 heavy (non-hydrogen) atoms. The standard InChI is InChI=1S/C17H26N2O2/c1-3-12-6-5-7-13(10-12)19-14-8-9-16(18)15(11-14)17(20)21-4-2/h8-9,11-13,19H,3-7,10,18H2,1-2H3. The fraction of sp³-hybridized carbons (Fsp3) is 0.588. The van der Waals surface area contributed by atoms with Crippen LogP contribution in [0.15, 0.2) is 18.2 Å². The Balaban J connectivity index is 2.06. The van der Waals surface area contributed by atoms with Gasteiger partial charge in [-0.15, -0.1) is 0 Å². The average molecular weight is 290 g/mol. The normalized spacial score (nSPS) is 21.8. The molecule has 3 N–H and O–H groups in total. The number of carbonyl (C=O) groups is 1. The SMILES string of the molecule is CCOC(=O)c1cc(NC2CCCC(CC)C2)ccc1N. The summed E-state index contributed by atoms with van der Waals surface area (Å²) >= 11 is 0. The lowest BCUT2D eigenvalue weighted by Crippen LogP contribution is -2.27. The van der Waals surface area contributed by atoms with Crippen molar-refractivity contribution >= 4 is 17.3 Å². The van der Waals surface area contributed by atoms with Gasteiger partial charge in [0.2, 0.25) is 0 Å². The molecule has 1 aromatic carbocycles. The molecular weight excluding hydrogens is 264 g/mol. The van der Waals surface area contributed by atoms with Crippen LogP contribution in [0.5, 0.6) is 0 Å². The summed E-state index contributed by atoms with van der Waals surface area (Å²) in [5.74, 6) is 0.461. The molecule has 1 aliphatic rings. The van der Waals surface area contributed by atoms with Gasteiger partial charge >= 0.3 is 5.97 Å². The number of hydrogen-bond donors (Lipinski definition) is 2. The zero-order valence-electron chi connectivity index (χ0n) is 13.0. The van der Waals surface area contributed by atoms with Crippen LogP contribution in [-0.2, 0) is 4.74 Å². The molecule has 2 atom stereocenters. The van der Waals surface area contributed by atoms with Crippen LogP contribution >= 0.6 is 0 Å². The van der Waals surface area contributed by atoms with Crippen molar-refractivity contribution in [3.63, 3.8) is 0 Å². The van der Waals surface area contributed by atoms with Crippen molar-refractivity contribution in [3.05, 3.63) is 23.8 Å². The van der Waals surface area contributed by atoms with Crippen molar-refractivity contribution in [1.82, 2.24) is 0 Å². The third-order valence-corrected chi connectivity index (χ3v) is 4.28. The first-order valence-electron chi connectivity index (χ1n) is 7.97. The highest BCUT2D eigenvalue weighted by Gasteiger charge is 2.21. The molecular formula is C17H26N2O2. The van der Waals surface area contributed by atoms with Crippen molar-refractivity contribution in [1.29, 1.82) is 0 Å². The van der Waals surface area contributed by atoms with Crippen molar-refractivity contribution in [2.75, 3.05) is 17.7 Å². The van der Waals surface area contributed by atoms with Gasteiger partial charge in [-0.25, -0.2) is 4.79 Å². The first-order chi connectivity index (χ1) is 10.1. The minimum Gasteiger partial charge on any atom is -0.462 e. The predicted octanol–water partition coefficient (Wildman–Crippen LogP) is 3.83. The van der Waals surface area contributed by atoms with Crippen LogP contribution in [0, 0.1) is 5.92 Å². The molecule has 0 spiro atoms. The zero-order chi connectivity index (χ0) is 15.2. The highest BCUT2D eigenvalue weighted by Crippen LogP contribution is 2.29. The Labute approximate surface area is 127 Å². The van der Waals surface area contributed by atoms with E-state index in [1.165, 1.54) is 32.1 Å². The number of esters is 1. The number of ether oxygens (including phenoxy) is 1. The van der Waals surface area contributed by atoms with Gasteiger partial charge in [-0.2, -0.15) is 0 Å². The third-order valence-electron chi connectivity index (χ3n) is 4.28. The van der Waals surface area contributed by atoms with Crippen molar-refractivity contribution < 1.29 is 9.53 Å².